The smallest absolute Gasteiger partial charge is 0.126 e. The molecule has 1 fully saturated rings. The van der Waals surface area contributed by atoms with Crippen LogP contribution in [0.15, 0.2) is 53.8 Å². The molecule has 3 atom stereocenters. The fourth-order valence-electron chi connectivity index (χ4n) is 4.85. The molecule has 0 bridgehead atoms. The van der Waals surface area contributed by atoms with Gasteiger partial charge in [-0.15, -0.1) is 11.8 Å². The average molecular weight is 485 g/mol. The quantitative estimate of drug-likeness (QED) is 0.305. The molecule has 0 spiro atoms. The Morgan fingerprint density at radius 3 is 2.91 bits per heavy atom. The zero-order valence-corrected chi connectivity index (χ0v) is 20.5. The van der Waals surface area contributed by atoms with Gasteiger partial charge >= 0.3 is 0 Å². The number of piperidine rings is 1. The molecule has 1 N–H and O–H groups in total. The Bertz CT molecular complexity index is 1040. The zero-order valence-electron chi connectivity index (χ0n) is 19.6. The number of aromatic nitrogens is 3. The molecule has 6 nitrogen and oxygen atoms in total. The molecule has 0 radical (unpaired) electrons. The molecule has 182 valence electrons. The van der Waals surface area contributed by atoms with Gasteiger partial charge in [-0.3, -0.25) is 4.98 Å². The first-order valence-electron chi connectivity index (χ1n) is 12.0. The Hall–Kier alpha value is -2.29. The summed E-state index contributed by atoms with van der Waals surface area (Å²) in [5.74, 6) is 2.29. The van der Waals surface area contributed by atoms with Gasteiger partial charge in [0.05, 0.1) is 25.0 Å². The highest BCUT2D eigenvalue weighted by Gasteiger charge is 2.29. The lowest BCUT2D eigenvalue weighted by atomic mass is 9.81. The SMILES string of the molecule is COc1ccc2nccc(C(F)CC[C@@H]3CCN(CCCSc4ccnnc4)C[C@@H]3CO)c2c1. The van der Waals surface area contributed by atoms with Crippen LogP contribution in [0.4, 0.5) is 4.39 Å². The predicted octanol–water partition coefficient (Wildman–Crippen LogP) is 4.94. The standard InChI is InChI=1S/C26H33FN4O2S/c1-33-21-4-6-26-24(15-21)23(8-10-28-26)25(27)5-3-19-9-13-31(17-20(19)18-32)12-2-14-34-22-7-11-29-30-16-22/h4,6-8,10-11,15-16,19-20,25,32H,2-3,5,9,12-14,17-18H2,1H3/t19-,20-,25?/m1/s1. The number of aliphatic hydroxyl groups is 1. The van der Waals surface area contributed by atoms with Crippen molar-refractivity contribution in [3.8, 4) is 5.75 Å². The molecule has 0 aliphatic carbocycles. The van der Waals surface area contributed by atoms with Crippen molar-refractivity contribution >= 4 is 22.7 Å². The van der Waals surface area contributed by atoms with E-state index < -0.39 is 6.17 Å². The van der Waals surface area contributed by atoms with E-state index in [1.807, 2.05) is 24.3 Å². The molecule has 1 unspecified atom stereocenters. The second kappa shape index (κ2) is 12.4. The summed E-state index contributed by atoms with van der Waals surface area (Å²) in [5.41, 5.74) is 1.45. The van der Waals surface area contributed by atoms with Crippen molar-refractivity contribution < 1.29 is 14.2 Å². The predicted molar refractivity (Wildman–Crippen MR) is 134 cm³/mol. The van der Waals surface area contributed by atoms with Crippen LogP contribution in [0.25, 0.3) is 10.9 Å². The number of thioether (sulfide) groups is 1. The third-order valence-corrected chi connectivity index (χ3v) is 7.83. The summed E-state index contributed by atoms with van der Waals surface area (Å²) >= 11 is 1.80. The summed E-state index contributed by atoms with van der Waals surface area (Å²) in [6, 6.07) is 9.34. The number of pyridine rings is 1. The summed E-state index contributed by atoms with van der Waals surface area (Å²) in [7, 11) is 1.61. The third-order valence-electron chi connectivity index (χ3n) is 6.77. The van der Waals surface area contributed by atoms with Crippen molar-refractivity contribution in [2.24, 2.45) is 11.8 Å². The van der Waals surface area contributed by atoms with Crippen LogP contribution in [0.3, 0.4) is 0 Å². The normalized spacial score (nSPS) is 19.9. The third kappa shape index (κ3) is 6.43. The highest BCUT2D eigenvalue weighted by molar-refractivity contribution is 7.99. The molecule has 0 saturated carbocycles. The van der Waals surface area contributed by atoms with Gasteiger partial charge in [0.2, 0.25) is 0 Å². The first-order chi connectivity index (χ1) is 16.7. The van der Waals surface area contributed by atoms with E-state index in [4.69, 9.17) is 4.74 Å². The molecule has 34 heavy (non-hydrogen) atoms. The number of fused-ring (bicyclic) bond motifs is 1. The lowest BCUT2D eigenvalue weighted by molar-refractivity contribution is 0.0640. The first-order valence-corrected chi connectivity index (χ1v) is 13.0. The minimum absolute atomic E-state index is 0.158. The Morgan fingerprint density at radius 1 is 1.21 bits per heavy atom. The van der Waals surface area contributed by atoms with Crippen molar-refractivity contribution in [2.75, 3.05) is 39.1 Å². The van der Waals surface area contributed by atoms with Crippen molar-refractivity contribution in [3.63, 3.8) is 0 Å². The van der Waals surface area contributed by atoms with Gasteiger partial charge in [-0.05, 0) is 92.3 Å². The van der Waals surface area contributed by atoms with Gasteiger partial charge in [-0.2, -0.15) is 10.2 Å². The molecule has 4 rings (SSSR count). The molecule has 1 aliphatic heterocycles. The maximum absolute atomic E-state index is 15.4. The van der Waals surface area contributed by atoms with Crippen LogP contribution in [0.1, 0.15) is 37.4 Å². The maximum Gasteiger partial charge on any atom is 0.126 e. The number of halogens is 1. The van der Waals surface area contributed by atoms with Crippen LogP contribution in [0, 0.1) is 11.8 Å². The fraction of sp³-hybridized carbons (Fsp3) is 0.500. The summed E-state index contributed by atoms with van der Waals surface area (Å²) in [6.07, 6.45) is 7.44. The molecule has 1 saturated heterocycles. The maximum atomic E-state index is 15.4. The second-order valence-corrected chi connectivity index (χ2v) is 10.1. The van der Waals surface area contributed by atoms with Crippen molar-refractivity contribution in [2.45, 2.75) is 36.8 Å². The Morgan fingerprint density at radius 2 is 2.12 bits per heavy atom. The van der Waals surface area contributed by atoms with Gasteiger partial charge in [0, 0.05) is 29.6 Å². The van der Waals surface area contributed by atoms with Crippen molar-refractivity contribution in [1.82, 2.24) is 20.1 Å². The zero-order chi connectivity index (χ0) is 23.8. The number of benzene rings is 1. The lowest BCUT2D eigenvalue weighted by Crippen LogP contribution is -2.42. The van der Waals surface area contributed by atoms with E-state index >= 15 is 4.39 Å². The fourth-order valence-corrected chi connectivity index (χ4v) is 5.64. The van der Waals surface area contributed by atoms with E-state index in [2.05, 4.69) is 20.1 Å². The summed E-state index contributed by atoms with van der Waals surface area (Å²) in [5, 5.41) is 18.5. The van der Waals surface area contributed by atoms with Crippen LogP contribution < -0.4 is 4.74 Å². The number of alkyl halides is 1. The van der Waals surface area contributed by atoms with Crippen LogP contribution in [-0.2, 0) is 0 Å². The number of ether oxygens (including phenoxy) is 1. The molecule has 1 aliphatic rings. The molecule has 0 amide bonds. The van der Waals surface area contributed by atoms with Crippen molar-refractivity contribution in [3.05, 3.63) is 54.5 Å². The molecule has 3 heterocycles. The van der Waals surface area contributed by atoms with E-state index in [0.29, 0.717) is 23.7 Å². The van der Waals surface area contributed by atoms with Gasteiger partial charge in [-0.1, -0.05) is 0 Å². The first kappa shape index (κ1) is 24.8. The molecule has 3 aromatic rings. The molecule has 8 heteroatoms. The number of hydrogen-bond donors (Lipinski definition) is 1. The van der Waals surface area contributed by atoms with E-state index in [1.54, 1.807) is 43.5 Å². The van der Waals surface area contributed by atoms with E-state index in [-0.39, 0.29) is 12.5 Å². The van der Waals surface area contributed by atoms with Crippen LogP contribution >= 0.6 is 11.8 Å². The number of aliphatic hydroxyl groups excluding tert-OH is 1. The highest BCUT2D eigenvalue weighted by Crippen LogP contribution is 2.35. The summed E-state index contributed by atoms with van der Waals surface area (Å²) in [4.78, 5) is 7.95. The summed E-state index contributed by atoms with van der Waals surface area (Å²) < 4.78 is 20.7. The Kier molecular flexibility index (Phi) is 9.07. The Balaban J connectivity index is 1.26. The largest absolute Gasteiger partial charge is 0.497 e. The molecule has 2 aromatic heterocycles. The number of rotatable bonds is 11. The average Bonchev–Trinajstić information content (AvgIpc) is 2.89. The number of methoxy groups -OCH3 is 1. The molecular weight excluding hydrogens is 451 g/mol. The Labute approximate surface area is 204 Å². The minimum atomic E-state index is -1.06. The van der Waals surface area contributed by atoms with Gasteiger partial charge in [0.25, 0.3) is 0 Å². The van der Waals surface area contributed by atoms with Gasteiger partial charge in [0.15, 0.2) is 0 Å². The van der Waals surface area contributed by atoms with Gasteiger partial charge < -0.3 is 14.7 Å². The molecule has 1 aromatic carbocycles. The van der Waals surface area contributed by atoms with E-state index in [0.717, 1.165) is 60.4 Å². The van der Waals surface area contributed by atoms with E-state index in [9.17, 15) is 5.11 Å². The topological polar surface area (TPSA) is 71.4 Å². The van der Waals surface area contributed by atoms with Crippen LogP contribution in [0.2, 0.25) is 0 Å². The van der Waals surface area contributed by atoms with Crippen molar-refractivity contribution in [1.29, 1.82) is 0 Å². The van der Waals surface area contributed by atoms with E-state index in [1.165, 1.54) is 0 Å². The van der Waals surface area contributed by atoms with Gasteiger partial charge in [0.1, 0.15) is 11.9 Å². The number of likely N-dealkylation sites (tertiary alicyclic amines) is 1. The van der Waals surface area contributed by atoms with Crippen LogP contribution in [0.5, 0.6) is 5.75 Å². The monoisotopic (exact) mass is 484 g/mol. The number of hydrogen-bond acceptors (Lipinski definition) is 7. The van der Waals surface area contributed by atoms with Crippen LogP contribution in [-0.4, -0.2) is 64.3 Å². The minimum Gasteiger partial charge on any atom is -0.497 e. The second-order valence-electron chi connectivity index (χ2n) is 8.90. The highest BCUT2D eigenvalue weighted by atomic mass is 32.2. The lowest BCUT2D eigenvalue weighted by Gasteiger charge is -2.38. The molecular formula is C26H33FN4O2S. The van der Waals surface area contributed by atoms with Gasteiger partial charge in [-0.25, -0.2) is 4.39 Å². The summed E-state index contributed by atoms with van der Waals surface area (Å²) in [6.45, 7) is 3.07. The number of nitrogens with zero attached hydrogens (tertiary/aromatic N) is 4.